The summed E-state index contributed by atoms with van der Waals surface area (Å²) in [5.74, 6) is -1.38. The Bertz CT molecular complexity index is 842. The van der Waals surface area contributed by atoms with Gasteiger partial charge in [0, 0.05) is 18.5 Å². The minimum Gasteiger partial charge on any atom is -0.480 e. The highest BCUT2D eigenvalue weighted by Gasteiger charge is 2.21. The number of rotatable bonds is 12. The van der Waals surface area contributed by atoms with Crippen molar-refractivity contribution in [1.29, 1.82) is 0 Å². The minimum absolute atomic E-state index is 0.0783. The smallest absolute Gasteiger partial charge is 0.408 e. The molecule has 1 aromatic carbocycles. The van der Waals surface area contributed by atoms with Gasteiger partial charge in [-0.3, -0.25) is 4.79 Å². The number of amides is 1. The van der Waals surface area contributed by atoms with Crippen LogP contribution >= 0.6 is 0 Å². The normalized spacial score (nSPS) is 17.2. The molecule has 0 spiro atoms. The molecular formula is C32H52N2O6. The van der Waals surface area contributed by atoms with Crippen LogP contribution in [0.4, 0.5) is 4.79 Å². The second-order valence-corrected chi connectivity index (χ2v) is 12.1. The van der Waals surface area contributed by atoms with Crippen LogP contribution in [-0.2, 0) is 25.7 Å². The Morgan fingerprint density at radius 1 is 0.875 bits per heavy atom. The van der Waals surface area contributed by atoms with Gasteiger partial charge in [0.15, 0.2) is 0 Å². The number of unbranched alkanes of at least 4 members (excludes halogenated alkanes) is 2. The van der Waals surface area contributed by atoms with Gasteiger partial charge in [-0.1, -0.05) is 81.7 Å². The molecule has 8 nitrogen and oxygen atoms in total. The fourth-order valence-electron chi connectivity index (χ4n) is 5.22. The largest absolute Gasteiger partial charge is 0.480 e. The van der Waals surface area contributed by atoms with Crippen molar-refractivity contribution < 1.29 is 29.0 Å². The average molecular weight is 561 g/mol. The first-order valence-corrected chi connectivity index (χ1v) is 15.3. The second-order valence-electron chi connectivity index (χ2n) is 12.1. The number of carbonyl (C=O) groups is 3. The van der Waals surface area contributed by atoms with Crippen molar-refractivity contribution >= 4 is 18.0 Å². The van der Waals surface area contributed by atoms with Crippen LogP contribution in [0.5, 0.6) is 0 Å². The van der Waals surface area contributed by atoms with E-state index in [1.165, 1.54) is 64.2 Å². The lowest BCUT2D eigenvalue weighted by molar-refractivity contribution is -0.155. The molecule has 2 aliphatic rings. The first-order valence-electron chi connectivity index (χ1n) is 15.3. The third-order valence-electron chi connectivity index (χ3n) is 7.28. The lowest BCUT2D eigenvalue weighted by atomic mass is 9.91. The van der Waals surface area contributed by atoms with Gasteiger partial charge >= 0.3 is 18.0 Å². The monoisotopic (exact) mass is 560 g/mol. The Balaban J connectivity index is 0.000000355. The Morgan fingerprint density at radius 2 is 1.45 bits per heavy atom. The number of hydrogen-bond donors (Lipinski definition) is 3. The van der Waals surface area contributed by atoms with Crippen LogP contribution in [0.3, 0.4) is 0 Å². The zero-order valence-electron chi connectivity index (χ0n) is 24.9. The molecule has 0 bridgehead atoms. The second kappa shape index (κ2) is 18.7. The van der Waals surface area contributed by atoms with Gasteiger partial charge in [0.2, 0.25) is 0 Å². The molecule has 0 heterocycles. The first kappa shape index (κ1) is 33.6. The molecule has 2 fully saturated rings. The van der Waals surface area contributed by atoms with E-state index in [9.17, 15) is 19.5 Å². The predicted molar refractivity (Wildman–Crippen MR) is 157 cm³/mol. The average Bonchev–Trinajstić information content (AvgIpc) is 2.92. The molecule has 226 valence electrons. The predicted octanol–water partition coefficient (Wildman–Crippen LogP) is 6.90. The van der Waals surface area contributed by atoms with Gasteiger partial charge in [-0.15, -0.1) is 0 Å². The summed E-state index contributed by atoms with van der Waals surface area (Å²) >= 11 is 0. The SMILES string of the molecule is C1CCC(NC2CCCCC2)CC1.CC(C)(C)OC(=O)CCCCCC(NC(=O)OCc1ccccc1)C(=O)O. The number of aliphatic carboxylic acids is 1. The quantitative estimate of drug-likeness (QED) is 0.188. The maximum atomic E-state index is 11.8. The molecule has 0 saturated heterocycles. The summed E-state index contributed by atoms with van der Waals surface area (Å²) in [5.41, 5.74) is 0.317. The lowest BCUT2D eigenvalue weighted by Crippen LogP contribution is -2.41. The molecule has 2 saturated carbocycles. The molecule has 3 rings (SSSR count). The van der Waals surface area contributed by atoms with Gasteiger partial charge in [-0.2, -0.15) is 0 Å². The molecule has 1 atom stereocenters. The number of carbonyl (C=O) groups excluding carboxylic acids is 2. The van der Waals surface area contributed by atoms with Crippen LogP contribution in [-0.4, -0.2) is 46.9 Å². The van der Waals surface area contributed by atoms with E-state index in [0.717, 1.165) is 17.6 Å². The van der Waals surface area contributed by atoms with E-state index < -0.39 is 23.7 Å². The van der Waals surface area contributed by atoms with Gasteiger partial charge < -0.3 is 25.2 Å². The molecule has 40 heavy (non-hydrogen) atoms. The van der Waals surface area contributed by atoms with Crippen molar-refractivity contribution in [3.8, 4) is 0 Å². The number of carboxylic acids is 1. The molecule has 1 amide bonds. The van der Waals surface area contributed by atoms with Gasteiger partial charge in [0.1, 0.15) is 18.2 Å². The fourth-order valence-corrected chi connectivity index (χ4v) is 5.22. The van der Waals surface area contributed by atoms with E-state index in [0.29, 0.717) is 25.7 Å². The van der Waals surface area contributed by atoms with Crippen LogP contribution in [0.1, 0.15) is 123 Å². The number of benzene rings is 1. The summed E-state index contributed by atoms with van der Waals surface area (Å²) in [7, 11) is 0. The van der Waals surface area contributed by atoms with Gasteiger partial charge in [-0.25, -0.2) is 9.59 Å². The lowest BCUT2D eigenvalue weighted by Gasteiger charge is -2.30. The van der Waals surface area contributed by atoms with Crippen molar-refractivity contribution in [2.24, 2.45) is 0 Å². The molecule has 1 aromatic rings. The summed E-state index contributed by atoms with van der Waals surface area (Å²) in [6, 6.07) is 9.86. The highest BCUT2D eigenvalue weighted by molar-refractivity contribution is 5.79. The van der Waals surface area contributed by atoms with Gasteiger partial charge in [0.05, 0.1) is 0 Å². The maximum Gasteiger partial charge on any atom is 0.408 e. The van der Waals surface area contributed by atoms with E-state index in [-0.39, 0.29) is 19.0 Å². The topological polar surface area (TPSA) is 114 Å². The third kappa shape index (κ3) is 15.8. The Labute approximate surface area is 241 Å². The number of nitrogens with one attached hydrogen (secondary N) is 2. The van der Waals surface area contributed by atoms with Crippen molar-refractivity contribution in [2.75, 3.05) is 0 Å². The summed E-state index contributed by atoms with van der Waals surface area (Å²) in [5, 5.41) is 15.5. The number of ether oxygens (including phenoxy) is 2. The Hall–Kier alpha value is -2.61. The zero-order chi connectivity index (χ0) is 29.2. The Morgan fingerprint density at radius 3 is 1.98 bits per heavy atom. The van der Waals surface area contributed by atoms with E-state index in [2.05, 4.69) is 10.6 Å². The number of carboxylic acid groups (broad SMARTS) is 1. The van der Waals surface area contributed by atoms with E-state index >= 15 is 0 Å². The van der Waals surface area contributed by atoms with Crippen molar-refractivity contribution in [3.63, 3.8) is 0 Å². The molecule has 8 heteroatoms. The van der Waals surface area contributed by atoms with Crippen molar-refractivity contribution in [1.82, 2.24) is 10.6 Å². The number of hydrogen-bond acceptors (Lipinski definition) is 6. The fraction of sp³-hybridized carbons (Fsp3) is 0.719. The zero-order valence-corrected chi connectivity index (χ0v) is 24.9. The first-order chi connectivity index (χ1) is 19.1. The molecule has 3 N–H and O–H groups in total. The molecule has 0 radical (unpaired) electrons. The van der Waals surface area contributed by atoms with E-state index in [1.54, 1.807) is 0 Å². The molecular weight excluding hydrogens is 508 g/mol. The van der Waals surface area contributed by atoms with E-state index in [4.69, 9.17) is 9.47 Å². The number of alkyl carbamates (subject to hydrolysis) is 1. The molecule has 1 unspecified atom stereocenters. The Kier molecular flexibility index (Phi) is 15.7. The van der Waals surface area contributed by atoms with Gasteiger partial charge in [0.25, 0.3) is 0 Å². The highest BCUT2D eigenvalue weighted by atomic mass is 16.6. The van der Waals surface area contributed by atoms with Crippen LogP contribution in [0.2, 0.25) is 0 Å². The molecule has 0 aliphatic heterocycles. The summed E-state index contributed by atoms with van der Waals surface area (Å²) in [6.07, 6.45) is 16.2. The molecule has 0 aromatic heterocycles. The van der Waals surface area contributed by atoms with Gasteiger partial charge in [-0.05, 0) is 64.9 Å². The summed E-state index contributed by atoms with van der Waals surface area (Å²) in [6.45, 7) is 5.51. The van der Waals surface area contributed by atoms with Crippen LogP contribution in [0.25, 0.3) is 0 Å². The van der Waals surface area contributed by atoms with Crippen LogP contribution in [0, 0.1) is 0 Å². The third-order valence-corrected chi connectivity index (χ3v) is 7.28. The minimum atomic E-state index is -1.11. The standard InChI is InChI=1S/C20H29NO6.C12H23N/c1-20(2,3)27-17(22)13-9-5-8-12-16(18(23)24)21-19(25)26-14-15-10-6-4-7-11-15;1-3-7-11(8-4-1)13-12-9-5-2-6-10-12/h4,6-7,10-11,16H,5,8-9,12-14H2,1-3H3,(H,21,25)(H,23,24);11-13H,1-10H2. The molecule has 2 aliphatic carbocycles. The summed E-state index contributed by atoms with van der Waals surface area (Å²) in [4.78, 5) is 34.7. The summed E-state index contributed by atoms with van der Waals surface area (Å²) < 4.78 is 10.3. The maximum absolute atomic E-state index is 11.8. The van der Waals surface area contributed by atoms with Crippen molar-refractivity contribution in [2.45, 2.75) is 147 Å². The van der Waals surface area contributed by atoms with E-state index in [1.807, 2.05) is 51.1 Å². The van der Waals surface area contributed by atoms with Crippen LogP contribution in [0.15, 0.2) is 30.3 Å². The van der Waals surface area contributed by atoms with Crippen LogP contribution < -0.4 is 10.6 Å². The van der Waals surface area contributed by atoms with Crippen molar-refractivity contribution in [3.05, 3.63) is 35.9 Å². The number of esters is 1. The highest BCUT2D eigenvalue weighted by Crippen LogP contribution is 2.22.